The molecule has 0 heterocycles. The number of amides is 2. The SMILES string of the molecule is CC(=O)Nc1ccc(C)c(NC(=O)CCCCCCN)c1.Cl. The number of halogens is 1. The van der Waals surface area contributed by atoms with Crippen LogP contribution in [0.2, 0.25) is 0 Å². The first-order valence-electron chi connectivity index (χ1n) is 7.41. The molecule has 2 amide bonds. The zero-order chi connectivity index (χ0) is 15.7. The van der Waals surface area contributed by atoms with Gasteiger partial charge in [-0.3, -0.25) is 9.59 Å². The van der Waals surface area contributed by atoms with Crippen LogP contribution in [-0.4, -0.2) is 18.4 Å². The predicted molar refractivity (Wildman–Crippen MR) is 93.5 cm³/mol. The monoisotopic (exact) mass is 327 g/mol. The summed E-state index contributed by atoms with van der Waals surface area (Å²) in [6, 6.07) is 5.48. The highest BCUT2D eigenvalue weighted by atomic mass is 35.5. The summed E-state index contributed by atoms with van der Waals surface area (Å²) in [5.41, 5.74) is 7.83. The molecular formula is C16H26ClN3O2. The van der Waals surface area contributed by atoms with Gasteiger partial charge in [0, 0.05) is 24.7 Å². The van der Waals surface area contributed by atoms with E-state index in [1.807, 2.05) is 19.1 Å². The molecule has 0 bridgehead atoms. The minimum atomic E-state index is -0.129. The number of unbranched alkanes of at least 4 members (excludes halogenated alkanes) is 3. The molecule has 0 aliphatic rings. The van der Waals surface area contributed by atoms with Crippen LogP contribution >= 0.6 is 12.4 Å². The minimum absolute atomic E-state index is 0. The molecule has 1 aromatic rings. The third-order valence-corrected chi connectivity index (χ3v) is 3.19. The van der Waals surface area contributed by atoms with E-state index < -0.39 is 0 Å². The van der Waals surface area contributed by atoms with E-state index in [1.165, 1.54) is 6.92 Å². The summed E-state index contributed by atoms with van der Waals surface area (Å²) in [6.07, 6.45) is 4.49. The van der Waals surface area contributed by atoms with Crippen LogP contribution in [0.1, 0.15) is 44.6 Å². The van der Waals surface area contributed by atoms with Crippen molar-refractivity contribution in [2.45, 2.75) is 46.0 Å². The Morgan fingerprint density at radius 1 is 1.09 bits per heavy atom. The fraction of sp³-hybridized carbons (Fsp3) is 0.500. The largest absolute Gasteiger partial charge is 0.330 e. The first-order valence-corrected chi connectivity index (χ1v) is 7.41. The Labute approximate surface area is 138 Å². The second-order valence-corrected chi connectivity index (χ2v) is 5.21. The Balaban J connectivity index is 0.00000441. The summed E-state index contributed by atoms with van der Waals surface area (Å²) in [5.74, 6) is -0.123. The first-order chi connectivity index (χ1) is 10.0. The lowest BCUT2D eigenvalue weighted by atomic mass is 10.1. The number of carbonyl (C=O) groups excluding carboxylic acids is 2. The average molecular weight is 328 g/mol. The lowest BCUT2D eigenvalue weighted by Gasteiger charge is -2.11. The van der Waals surface area contributed by atoms with Gasteiger partial charge < -0.3 is 16.4 Å². The summed E-state index contributed by atoms with van der Waals surface area (Å²) in [6.45, 7) is 4.09. The van der Waals surface area contributed by atoms with E-state index in [4.69, 9.17) is 5.73 Å². The molecule has 6 heteroatoms. The highest BCUT2D eigenvalue weighted by molar-refractivity contribution is 5.94. The van der Waals surface area contributed by atoms with Crippen molar-refractivity contribution in [1.29, 1.82) is 0 Å². The van der Waals surface area contributed by atoms with Crippen molar-refractivity contribution in [3.05, 3.63) is 23.8 Å². The molecule has 22 heavy (non-hydrogen) atoms. The third-order valence-electron chi connectivity index (χ3n) is 3.19. The molecule has 0 saturated carbocycles. The van der Waals surface area contributed by atoms with Gasteiger partial charge in [-0.2, -0.15) is 0 Å². The quantitative estimate of drug-likeness (QED) is 0.641. The minimum Gasteiger partial charge on any atom is -0.330 e. The normalized spacial score (nSPS) is 9.77. The molecule has 1 aromatic carbocycles. The summed E-state index contributed by atoms with van der Waals surface area (Å²) in [7, 11) is 0. The third kappa shape index (κ3) is 8.00. The van der Waals surface area contributed by atoms with Crippen LogP contribution in [0.3, 0.4) is 0 Å². The average Bonchev–Trinajstić information content (AvgIpc) is 2.42. The Kier molecular flexibility index (Phi) is 10.2. The van der Waals surface area contributed by atoms with Gasteiger partial charge in [0.05, 0.1) is 0 Å². The highest BCUT2D eigenvalue weighted by Gasteiger charge is 2.06. The van der Waals surface area contributed by atoms with E-state index in [0.29, 0.717) is 18.7 Å². The molecule has 4 N–H and O–H groups in total. The molecule has 0 aliphatic heterocycles. The lowest BCUT2D eigenvalue weighted by molar-refractivity contribution is -0.116. The summed E-state index contributed by atoms with van der Waals surface area (Å²) < 4.78 is 0. The molecule has 0 aliphatic carbocycles. The van der Waals surface area contributed by atoms with E-state index in [1.54, 1.807) is 6.07 Å². The summed E-state index contributed by atoms with van der Waals surface area (Å²) >= 11 is 0. The topological polar surface area (TPSA) is 84.2 Å². The molecule has 1 rings (SSSR count). The van der Waals surface area contributed by atoms with Gasteiger partial charge in [0.15, 0.2) is 0 Å². The molecule has 0 aromatic heterocycles. The van der Waals surface area contributed by atoms with E-state index in [0.717, 1.165) is 36.9 Å². The van der Waals surface area contributed by atoms with Gasteiger partial charge in [-0.15, -0.1) is 12.4 Å². The van der Waals surface area contributed by atoms with Crippen molar-refractivity contribution in [1.82, 2.24) is 0 Å². The molecule has 5 nitrogen and oxygen atoms in total. The molecule has 0 unspecified atom stereocenters. The standard InChI is InChI=1S/C16H25N3O2.ClH/c1-12-8-9-14(18-13(2)20)11-15(12)19-16(21)7-5-3-4-6-10-17;/h8-9,11H,3-7,10,17H2,1-2H3,(H,18,20)(H,19,21);1H. The lowest BCUT2D eigenvalue weighted by Crippen LogP contribution is -2.13. The molecular weight excluding hydrogens is 302 g/mol. The molecule has 0 radical (unpaired) electrons. The van der Waals surface area contributed by atoms with Crippen LogP contribution in [0.4, 0.5) is 11.4 Å². The second-order valence-electron chi connectivity index (χ2n) is 5.21. The van der Waals surface area contributed by atoms with Gasteiger partial charge in [0.2, 0.25) is 11.8 Å². The fourth-order valence-corrected chi connectivity index (χ4v) is 2.03. The maximum absolute atomic E-state index is 11.9. The van der Waals surface area contributed by atoms with Gasteiger partial charge in [0.25, 0.3) is 0 Å². The van der Waals surface area contributed by atoms with Crippen molar-refractivity contribution in [2.75, 3.05) is 17.2 Å². The maximum Gasteiger partial charge on any atom is 0.224 e. The number of rotatable bonds is 8. The van der Waals surface area contributed by atoms with Gasteiger partial charge in [-0.05, 0) is 44.0 Å². The van der Waals surface area contributed by atoms with Gasteiger partial charge in [-0.1, -0.05) is 18.9 Å². The Morgan fingerprint density at radius 2 is 1.77 bits per heavy atom. The number of carbonyl (C=O) groups is 2. The highest BCUT2D eigenvalue weighted by Crippen LogP contribution is 2.20. The van der Waals surface area contributed by atoms with Crippen molar-refractivity contribution < 1.29 is 9.59 Å². The predicted octanol–water partition coefficient (Wildman–Crippen LogP) is 3.22. The fourth-order valence-electron chi connectivity index (χ4n) is 2.03. The second kappa shape index (κ2) is 11.0. The molecule has 124 valence electrons. The zero-order valence-electron chi connectivity index (χ0n) is 13.3. The number of anilines is 2. The van der Waals surface area contributed by atoms with E-state index in [2.05, 4.69) is 10.6 Å². The van der Waals surface area contributed by atoms with Crippen molar-refractivity contribution in [2.24, 2.45) is 5.73 Å². The number of hydrogen-bond acceptors (Lipinski definition) is 3. The Bertz CT molecular complexity index is 492. The number of aryl methyl sites for hydroxylation is 1. The number of nitrogens with one attached hydrogen (secondary N) is 2. The van der Waals surface area contributed by atoms with Crippen LogP contribution in [-0.2, 0) is 9.59 Å². The van der Waals surface area contributed by atoms with Crippen LogP contribution in [0.25, 0.3) is 0 Å². The molecule has 0 atom stereocenters. The van der Waals surface area contributed by atoms with Gasteiger partial charge >= 0.3 is 0 Å². The van der Waals surface area contributed by atoms with E-state index in [9.17, 15) is 9.59 Å². The van der Waals surface area contributed by atoms with Crippen molar-refractivity contribution >= 4 is 35.6 Å². The Hall–Kier alpha value is -1.59. The molecule has 0 fully saturated rings. The maximum atomic E-state index is 11.9. The summed E-state index contributed by atoms with van der Waals surface area (Å²) in [5, 5.41) is 5.61. The van der Waals surface area contributed by atoms with Crippen molar-refractivity contribution in [3.63, 3.8) is 0 Å². The van der Waals surface area contributed by atoms with Crippen LogP contribution in [0, 0.1) is 6.92 Å². The van der Waals surface area contributed by atoms with Gasteiger partial charge in [0.1, 0.15) is 0 Å². The number of nitrogens with two attached hydrogens (primary N) is 1. The van der Waals surface area contributed by atoms with Gasteiger partial charge in [-0.25, -0.2) is 0 Å². The molecule has 0 spiro atoms. The zero-order valence-corrected chi connectivity index (χ0v) is 14.1. The number of benzene rings is 1. The van der Waals surface area contributed by atoms with E-state index in [-0.39, 0.29) is 24.2 Å². The van der Waals surface area contributed by atoms with Crippen LogP contribution in [0.15, 0.2) is 18.2 Å². The van der Waals surface area contributed by atoms with E-state index >= 15 is 0 Å². The van der Waals surface area contributed by atoms with Crippen LogP contribution < -0.4 is 16.4 Å². The first kappa shape index (κ1) is 20.4. The van der Waals surface area contributed by atoms with Crippen LogP contribution in [0.5, 0.6) is 0 Å². The summed E-state index contributed by atoms with van der Waals surface area (Å²) in [4.78, 5) is 23.0. The smallest absolute Gasteiger partial charge is 0.224 e. The van der Waals surface area contributed by atoms with Crippen molar-refractivity contribution in [3.8, 4) is 0 Å². The molecule has 0 saturated heterocycles. The number of hydrogen-bond donors (Lipinski definition) is 3. The Morgan fingerprint density at radius 3 is 2.41 bits per heavy atom.